The molecule has 1 heterocycles. The molecule has 0 saturated heterocycles. The Morgan fingerprint density at radius 1 is 1.20 bits per heavy atom. The predicted octanol–water partition coefficient (Wildman–Crippen LogP) is 4.81. The second-order valence-corrected chi connectivity index (χ2v) is 9.11. The molecule has 0 bridgehead atoms. The van der Waals surface area contributed by atoms with Gasteiger partial charge in [-0.25, -0.2) is 0 Å². The van der Waals surface area contributed by atoms with E-state index < -0.39 is 0 Å². The summed E-state index contributed by atoms with van der Waals surface area (Å²) in [6.07, 6.45) is 4.42. The highest BCUT2D eigenvalue weighted by Gasteiger charge is 2.24. The van der Waals surface area contributed by atoms with E-state index in [2.05, 4.69) is 48.3 Å². The molecule has 0 saturated carbocycles. The Morgan fingerprint density at radius 2 is 2.00 bits per heavy atom. The molecule has 2 aromatic carbocycles. The van der Waals surface area contributed by atoms with E-state index in [0.29, 0.717) is 23.9 Å². The van der Waals surface area contributed by atoms with Gasteiger partial charge in [-0.15, -0.1) is 11.8 Å². The van der Waals surface area contributed by atoms with E-state index in [-0.39, 0.29) is 5.91 Å². The van der Waals surface area contributed by atoms with Crippen LogP contribution in [-0.2, 0) is 12.8 Å². The van der Waals surface area contributed by atoms with Crippen LogP contribution in [0.3, 0.4) is 0 Å². The number of fused-ring (bicyclic) bond motifs is 1. The lowest BCUT2D eigenvalue weighted by Gasteiger charge is -2.30. The first-order chi connectivity index (χ1) is 14.7. The molecule has 0 fully saturated rings. The van der Waals surface area contributed by atoms with Crippen molar-refractivity contribution in [3.05, 3.63) is 59.2 Å². The summed E-state index contributed by atoms with van der Waals surface area (Å²) in [7, 11) is 1.62. The molecule has 30 heavy (non-hydrogen) atoms. The van der Waals surface area contributed by atoms with Crippen molar-refractivity contribution >= 4 is 17.7 Å². The molecule has 1 atom stereocenters. The Kier molecular flexibility index (Phi) is 8.64. The minimum absolute atomic E-state index is 0.0571. The number of nitrogens with zero attached hydrogens (tertiary/aromatic N) is 1. The van der Waals surface area contributed by atoms with Gasteiger partial charge in [-0.2, -0.15) is 0 Å². The van der Waals surface area contributed by atoms with Crippen LogP contribution in [0.2, 0.25) is 0 Å². The van der Waals surface area contributed by atoms with Crippen LogP contribution in [0.5, 0.6) is 5.75 Å². The number of benzene rings is 2. The number of amides is 1. The molecule has 1 aliphatic heterocycles. The van der Waals surface area contributed by atoms with Crippen molar-refractivity contribution in [1.29, 1.82) is 0 Å². The number of carbonyl (C=O) groups excluding carboxylic acids is 1. The molecule has 4 nitrogen and oxygen atoms in total. The molecule has 0 radical (unpaired) electrons. The molecule has 1 N–H and O–H groups in total. The van der Waals surface area contributed by atoms with E-state index in [9.17, 15) is 4.79 Å². The topological polar surface area (TPSA) is 41.6 Å². The van der Waals surface area contributed by atoms with Crippen molar-refractivity contribution in [2.24, 2.45) is 0 Å². The highest BCUT2D eigenvalue weighted by Crippen LogP contribution is 2.26. The fourth-order valence-electron chi connectivity index (χ4n) is 4.11. The monoisotopic (exact) mass is 426 g/mol. The van der Waals surface area contributed by atoms with Gasteiger partial charge in [0, 0.05) is 24.0 Å². The third-order valence-corrected chi connectivity index (χ3v) is 6.66. The number of rotatable bonds is 9. The Morgan fingerprint density at radius 3 is 2.73 bits per heavy atom. The number of hydrogen-bond donors (Lipinski definition) is 1. The van der Waals surface area contributed by atoms with Gasteiger partial charge in [-0.3, -0.25) is 9.69 Å². The lowest BCUT2D eigenvalue weighted by molar-refractivity contribution is 0.0929. The Balaban J connectivity index is 1.74. The van der Waals surface area contributed by atoms with Crippen LogP contribution in [-0.4, -0.2) is 49.3 Å². The minimum atomic E-state index is -0.0571. The molecular formula is C25H34N2O2S. The first-order valence-corrected chi connectivity index (χ1v) is 12.0. The summed E-state index contributed by atoms with van der Waals surface area (Å²) in [4.78, 5) is 16.7. The summed E-state index contributed by atoms with van der Waals surface area (Å²) in [6.45, 7) is 7.12. The van der Waals surface area contributed by atoms with Gasteiger partial charge in [-0.1, -0.05) is 44.5 Å². The van der Waals surface area contributed by atoms with Crippen LogP contribution < -0.4 is 10.1 Å². The Hall–Kier alpha value is -1.98. The maximum atomic E-state index is 13.1. The van der Waals surface area contributed by atoms with E-state index in [1.54, 1.807) is 18.9 Å². The van der Waals surface area contributed by atoms with Gasteiger partial charge >= 0.3 is 0 Å². The second kappa shape index (κ2) is 11.4. The normalized spacial score (nSPS) is 16.6. The van der Waals surface area contributed by atoms with Crippen LogP contribution in [0.1, 0.15) is 48.2 Å². The standard InChI is InChI=1S/C25H34N2O2S/c1-4-6-14-27-15-13-19-9-7-8-10-20(19)16-21(27)18-26-25(28)23-17-22(30-5-2)11-12-24(23)29-3/h7-12,17,21H,4-6,13-16,18H2,1-3H3,(H,26,28). The number of nitrogens with one attached hydrogen (secondary N) is 1. The van der Waals surface area contributed by atoms with Crippen molar-refractivity contribution in [2.45, 2.75) is 50.5 Å². The highest BCUT2D eigenvalue weighted by atomic mass is 32.2. The van der Waals surface area contributed by atoms with Gasteiger partial charge in [0.2, 0.25) is 0 Å². The molecule has 162 valence electrons. The summed E-state index contributed by atoms with van der Waals surface area (Å²) in [5.74, 6) is 1.54. The Labute approximate surface area is 185 Å². The third kappa shape index (κ3) is 5.79. The van der Waals surface area contributed by atoms with Gasteiger partial charge in [0.25, 0.3) is 5.91 Å². The number of thioether (sulfide) groups is 1. The fraction of sp³-hybridized carbons (Fsp3) is 0.480. The molecular weight excluding hydrogens is 392 g/mol. The molecule has 1 amide bonds. The van der Waals surface area contributed by atoms with E-state index in [4.69, 9.17) is 4.74 Å². The molecule has 2 aromatic rings. The SMILES string of the molecule is CCCCN1CCc2ccccc2CC1CNC(=O)c1cc(SCC)ccc1OC. The zero-order chi connectivity index (χ0) is 21.3. The zero-order valence-electron chi connectivity index (χ0n) is 18.4. The lowest BCUT2D eigenvalue weighted by Crippen LogP contribution is -2.45. The van der Waals surface area contributed by atoms with Crippen LogP contribution in [0, 0.1) is 0 Å². The van der Waals surface area contributed by atoms with Crippen LogP contribution in [0.4, 0.5) is 0 Å². The van der Waals surface area contributed by atoms with Crippen molar-refractivity contribution < 1.29 is 9.53 Å². The zero-order valence-corrected chi connectivity index (χ0v) is 19.3. The van der Waals surface area contributed by atoms with E-state index in [0.717, 1.165) is 36.6 Å². The van der Waals surface area contributed by atoms with E-state index in [1.165, 1.54) is 24.0 Å². The molecule has 0 aromatic heterocycles. The molecule has 5 heteroatoms. The summed E-state index contributed by atoms with van der Waals surface area (Å²) in [5.41, 5.74) is 3.47. The first kappa shape index (κ1) is 22.7. The second-order valence-electron chi connectivity index (χ2n) is 7.77. The van der Waals surface area contributed by atoms with Crippen LogP contribution in [0.15, 0.2) is 47.4 Å². The summed E-state index contributed by atoms with van der Waals surface area (Å²) in [5, 5.41) is 3.21. The summed E-state index contributed by atoms with van der Waals surface area (Å²) < 4.78 is 5.45. The first-order valence-electron chi connectivity index (χ1n) is 11.1. The molecule has 1 aliphatic rings. The van der Waals surface area contributed by atoms with Gasteiger partial charge in [-0.05, 0) is 60.9 Å². The molecule has 0 aliphatic carbocycles. The van der Waals surface area contributed by atoms with Crippen LogP contribution in [0.25, 0.3) is 0 Å². The number of ether oxygens (including phenoxy) is 1. The van der Waals surface area contributed by atoms with Gasteiger partial charge in [0.05, 0.1) is 12.7 Å². The number of hydrogen-bond acceptors (Lipinski definition) is 4. The Bertz CT molecular complexity index is 840. The van der Waals surface area contributed by atoms with Crippen molar-refractivity contribution in [2.75, 3.05) is 32.5 Å². The van der Waals surface area contributed by atoms with Gasteiger partial charge < -0.3 is 10.1 Å². The van der Waals surface area contributed by atoms with E-state index in [1.807, 2.05) is 18.2 Å². The molecule has 1 unspecified atom stereocenters. The number of unbranched alkanes of at least 4 members (excludes halogenated alkanes) is 1. The lowest BCUT2D eigenvalue weighted by atomic mass is 10.0. The highest BCUT2D eigenvalue weighted by molar-refractivity contribution is 7.99. The maximum Gasteiger partial charge on any atom is 0.255 e. The quantitative estimate of drug-likeness (QED) is 0.585. The number of methoxy groups -OCH3 is 1. The predicted molar refractivity (Wildman–Crippen MR) is 126 cm³/mol. The summed E-state index contributed by atoms with van der Waals surface area (Å²) in [6, 6.07) is 14.9. The maximum absolute atomic E-state index is 13.1. The molecule has 3 rings (SSSR count). The largest absolute Gasteiger partial charge is 0.496 e. The average Bonchev–Trinajstić information content (AvgIpc) is 2.95. The van der Waals surface area contributed by atoms with Crippen molar-refractivity contribution in [3.63, 3.8) is 0 Å². The third-order valence-electron chi connectivity index (χ3n) is 5.78. The molecule has 0 spiro atoms. The number of carbonyl (C=O) groups is 1. The summed E-state index contributed by atoms with van der Waals surface area (Å²) >= 11 is 1.73. The van der Waals surface area contributed by atoms with Gasteiger partial charge in [0.1, 0.15) is 5.75 Å². The smallest absolute Gasteiger partial charge is 0.255 e. The van der Waals surface area contributed by atoms with Crippen molar-refractivity contribution in [3.8, 4) is 5.75 Å². The van der Waals surface area contributed by atoms with Crippen molar-refractivity contribution in [1.82, 2.24) is 10.2 Å². The minimum Gasteiger partial charge on any atom is -0.496 e. The average molecular weight is 427 g/mol. The van der Waals surface area contributed by atoms with Gasteiger partial charge in [0.15, 0.2) is 0 Å². The fourth-order valence-corrected chi connectivity index (χ4v) is 4.81. The van der Waals surface area contributed by atoms with Crippen LogP contribution >= 0.6 is 11.8 Å². The van der Waals surface area contributed by atoms with E-state index >= 15 is 0 Å².